The zero-order chi connectivity index (χ0) is 14.4. The van der Waals surface area contributed by atoms with Crippen LogP contribution in [0.5, 0.6) is 5.75 Å². The van der Waals surface area contributed by atoms with Crippen LogP contribution in [0.2, 0.25) is 0 Å². The lowest BCUT2D eigenvalue weighted by Crippen LogP contribution is -2.35. The van der Waals surface area contributed by atoms with Crippen LogP contribution in [0.1, 0.15) is 43.5 Å². The van der Waals surface area contributed by atoms with E-state index in [0.717, 1.165) is 18.9 Å². The number of piperidine rings is 1. The summed E-state index contributed by atoms with van der Waals surface area (Å²) in [5, 5.41) is 0. The summed E-state index contributed by atoms with van der Waals surface area (Å²) in [5.41, 5.74) is 0.680. The summed E-state index contributed by atoms with van der Waals surface area (Å²) in [6.45, 7) is 8.10. The van der Waals surface area contributed by atoms with Crippen LogP contribution >= 0.6 is 0 Å². The lowest BCUT2D eigenvalue weighted by Gasteiger charge is -2.30. The van der Waals surface area contributed by atoms with Crippen molar-refractivity contribution in [2.75, 3.05) is 26.2 Å². The highest BCUT2D eigenvalue weighted by Gasteiger charge is 2.15. The first kappa shape index (κ1) is 15.0. The number of likely N-dealkylation sites (tertiary alicyclic amines) is 1. The summed E-state index contributed by atoms with van der Waals surface area (Å²) in [6.07, 6.45) is 3.69. The second-order valence-electron chi connectivity index (χ2n) is 5.80. The number of ketones is 1. The van der Waals surface area contributed by atoms with Gasteiger partial charge in [0.2, 0.25) is 0 Å². The van der Waals surface area contributed by atoms with Gasteiger partial charge in [0, 0.05) is 13.1 Å². The van der Waals surface area contributed by atoms with Gasteiger partial charge in [-0.2, -0.15) is 0 Å². The fourth-order valence-electron chi connectivity index (χ4n) is 2.84. The number of carbonyl (C=O) groups excluding carboxylic acids is 1. The Kier molecular flexibility index (Phi) is 5.60. The van der Waals surface area contributed by atoms with Crippen molar-refractivity contribution in [2.24, 2.45) is 5.92 Å². The molecular formula is C17H25NO2. The molecule has 20 heavy (non-hydrogen) atoms. The smallest absolute Gasteiger partial charge is 0.163 e. The van der Waals surface area contributed by atoms with Gasteiger partial charge in [0.25, 0.3) is 0 Å². The first-order valence-corrected chi connectivity index (χ1v) is 7.62. The summed E-state index contributed by atoms with van der Waals surface area (Å²) in [6, 6.07) is 7.48. The van der Waals surface area contributed by atoms with Crippen LogP contribution in [0, 0.1) is 5.92 Å². The molecule has 1 heterocycles. The van der Waals surface area contributed by atoms with Gasteiger partial charge in [-0.3, -0.25) is 4.79 Å². The van der Waals surface area contributed by atoms with Crippen LogP contribution in [0.15, 0.2) is 24.3 Å². The molecule has 1 aromatic rings. The minimum Gasteiger partial charge on any atom is -0.493 e. The van der Waals surface area contributed by atoms with Gasteiger partial charge in [-0.05, 0) is 50.8 Å². The highest BCUT2D eigenvalue weighted by atomic mass is 16.5. The molecule has 1 aliphatic rings. The number of para-hydroxylation sites is 1. The number of ether oxygens (including phenoxy) is 1. The van der Waals surface area contributed by atoms with Crippen molar-refractivity contribution in [3.8, 4) is 5.75 Å². The molecule has 0 bridgehead atoms. The SMILES string of the molecule is CC(=O)c1ccccc1OCCCN1CCCC(C)C1. The van der Waals surface area contributed by atoms with Gasteiger partial charge in [-0.1, -0.05) is 19.1 Å². The number of hydrogen-bond donors (Lipinski definition) is 0. The molecule has 3 nitrogen and oxygen atoms in total. The molecule has 0 spiro atoms. The van der Waals surface area contributed by atoms with E-state index in [9.17, 15) is 4.79 Å². The Hall–Kier alpha value is -1.35. The van der Waals surface area contributed by atoms with E-state index >= 15 is 0 Å². The average molecular weight is 275 g/mol. The van der Waals surface area contributed by atoms with Crippen LogP contribution in [0.4, 0.5) is 0 Å². The second kappa shape index (κ2) is 7.44. The Labute approximate surface area is 121 Å². The first-order chi connectivity index (χ1) is 9.66. The van der Waals surface area contributed by atoms with Gasteiger partial charge in [0.15, 0.2) is 5.78 Å². The van der Waals surface area contributed by atoms with Crippen molar-refractivity contribution < 1.29 is 9.53 Å². The van der Waals surface area contributed by atoms with Gasteiger partial charge in [0.1, 0.15) is 5.75 Å². The molecular weight excluding hydrogens is 250 g/mol. The minimum atomic E-state index is 0.0606. The van der Waals surface area contributed by atoms with E-state index < -0.39 is 0 Å². The number of Topliss-reactive ketones (excluding diaryl/α,β-unsaturated/α-hetero) is 1. The molecule has 0 radical (unpaired) electrons. The Morgan fingerprint density at radius 2 is 2.20 bits per heavy atom. The third-order valence-corrected chi connectivity index (χ3v) is 3.88. The van der Waals surface area contributed by atoms with Crippen molar-refractivity contribution in [3.05, 3.63) is 29.8 Å². The third kappa shape index (κ3) is 4.34. The highest BCUT2D eigenvalue weighted by Crippen LogP contribution is 2.19. The predicted molar refractivity (Wildman–Crippen MR) is 81.4 cm³/mol. The van der Waals surface area contributed by atoms with Crippen molar-refractivity contribution in [3.63, 3.8) is 0 Å². The zero-order valence-electron chi connectivity index (χ0n) is 12.6. The van der Waals surface area contributed by atoms with E-state index in [1.807, 2.05) is 24.3 Å². The topological polar surface area (TPSA) is 29.5 Å². The molecule has 0 aliphatic carbocycles. The maximum atomic E-state index is 11.5. The zero-order valence-corrected chi connectivity index (χ0v) is 12.6. The second-order valence-corrected chi connectivity index (χ2v) is 5.80. The van der Waals surface area contributed by atoms with Gasteiger partial charge in [0.05, 0.1) is 12.2 Å². The van der Waals surface area contributed by atoms with Gasteiger partial charge >= 0.3 is 0 Å². The number of carbonyl (C=O) groups is 1. The number of nitrogens with zero attached hydrogens (tertiary/aromatic N) is 1. The maximum absolute atomic E-state index is 11.5. The summed E-state index contributed by atoms with van der Waals surface area (Å²) < 4.78 is 5.77. The Balaban J connectivity index is 1.74. The molecule has 110 valence electrons. The molecule has 3 heteroatoms. The predicted octanol–water partition coefficient (Wildman–Crippen LogP) is 3.39. The quantitative estimate of drug-likeness (QED) is 0.589. The summed E-state index contributed by atoms with van der Waals surface area (Å²) >= 11 is 0. The van der Waals surface area contributed by atoms with Gasteiger partial charge in [-0.25, -0.2) is 0 Å². The van der Waals surface area contributed by atoms with E-state index in [0.29, 0.717) is 17.9 Å². The fraction of sp³-hybridized carbons (Fsp3) is 0.588. The van der Waals surface area contributed by atoms with Crippen LogP contribution < -0.4 is 4.74 Å². The fourth-order valence-corrected chi connectivity index (χ4v) is 2.84. The third-order valence-electron chi connectivity index (χ3n) is 3.88. The Bertz CT molecular complexity index is 444. The largest absolute Gasteiger partial charge is 0.493 e. The lowest BCUT2D eigenvalue weighted by atomic mass is 10.0. The summed E-state index contributed by atoms with van der Waals surface area (Å²) in [7, 11) is 0. The molecule has 0 N–H and O–H groups in total. The molecule has 1 atom stereocenters. The molecule has 0 aromatic heterocycles. The van der Waals surface area contributed by atoms with Crippen molar-refractivity contribution in [2.45, 2.75) is 33.1 Å². The standard InChI is InChI=1S/C17H25NO2/c1-14-7-5-10-18(13-14)11-6-12-20-17-9-4-3-8-16(17)15(2)19/h3-4,8-9,14H,5-7,10-13H2,1-2H3. The maximum Gasteiger partial charge on any atom is 0.163 e. The van der Waals surface area contributed by atoms with Crippen LogP contribution in [0.3, 0.4) is 0 Å². The molecule has 1 saturated heterocycles. The normalized spacial score (nSPS) is 19.8. The van der Waals surface area contributed by atoms with E-state index in [-0.39, 0.29) is 5.78 Å². The summed E-state index contributed by atoms with van der Waals surface area (Å²) in [4.78, 5) is 14.0. The van der Waals surface area contributed by atoms with E-state index in [1.54, 1.807) is 6.92 Å². The van der Waals surface area contributed by atoms with Crippen LogP contribution in [0.25, 0.3) is 0 Å². The number of benzene rings is 1. The molecule has 2 rings (SSSR count). The highest BCUT2D eigenvalue weighted by molar-refractivity contribution is 5.96. The Morgan fingerprint density at radius 1 is 1.40 bits per heavy atom. The van der Waals surface area contributed by atoms with E-state index in [4.69, 9.17) is 4.74 Å². The van der Waals surface area contributed by atoms with Gasteiger partial charge < -0.3 is 9.64 Å². The molecule has 0 amide bonds. The molecule has 1 aromatic carbocycles. The minimum absolute atomic E-state index is 0.0606. The van der Waals surface area contributed by atoms with Crippen molar-refractivity contribution in [1.82, 2.24) is 4.90 Å². The summed E-state index contributed by atoms with van der Waals surface area (Å²) in [5.74, 6) is 1.60. The van der Waals surface area contributed by atoms with Crippen molar-refractivity contribution >= 4 is 5.78 Å². The monoisotopic (exact) mass is 275 g/mol. The van der Waals surface area contributed by atoms with Crippen LogP contribution in [-0.4, -0.2) is 36.9 Å². The van der Waals surface area contributed by atoms with E-state index in [2.05, 4.69) is 11.8 Å². The first-order valence-electron chi connectivity index (χ1n) is 7.62. The average Bonchev–Trinajstić information content (AvgIpc) is 2.44. The van der Waals surface area contributed by atoms with Crippen molar-refractivity contribution in [1.29, 1.82) is 0 Å². The molecule has 0 saturated carbocycles. The molecule has 1 aliphatic heterocycles. The number of rotatable bonds is 6. The van der Waals surface area contributed by atoms with Crippen LogP contribution in [-0.2, 0) is 0 Å². The molecule has 1 fully saturated rings. The molecule has 1 unspecified atom stereocenters. The number of hydrogen-bond acceptors (Lipinski definition) is 3. The Morgan fingerprint density at radius 3 is 2.95 bits per heavy atom. The lowest BCUT2D eigenvalue weighted by molar-refractivity contribution is 0.101. The van der Waals surface area contributed by atoms with E-state index in [1.165, 1.54) is 25.9 Å². The van der Waals surface area contributed by atoms with Gasteiger partial charge in [-0.15, -0.1) is 0 Å².